The molecule has 0 aromatic carbocycles. The van der Waals surface area contributed by atoms with Crippen molar-refractivity contribution < 1.29 is 0 Å². The predicted octanol–water partition coefficient (Wildman–Crippen LogP) is -0.844. The summed E-state index contributed by atoms with van der Waals surface area (Å²) in [6, 6.07) is 0. The van der Waals surface area contributed by atoms with Crippen molar-refractivity contribution in [2.24, 2.45) is 0 Å². The summed E-state index contributed by atoms with van der Waals surface area (Å²) in [6.45, 7) is 0. The average molecular weight is 490 g/mol. The van der Waals surface area contributed by atoms with Gasteiger partial charge in [-0.1, -0.05) is 0 Å². The molecule has 0 saturated heterocycles. The molecule has 2 aliphatic rings. The van der Waals surface area contributed by atoms with Crippen LogP contribution in [0.1, 0.15) is 0 Å². The summed E-state index contributed by atoms with van der Waals surface area (Å²) in [5.74, 6) is 0. The third-order valence-corrected chi connectivity index (χ3v) is 78.7. The van der Waals surface area contributed by atoms with Crippen molar-refractivity contribution >= 4 is 59.2 Å². The molecule has 0 N–H and O–H groups in total. The zero-order chi connectivity index (χ0) is 6.81. The summed E-state index contributed by atoms with van der Waals surface area (Å²) in [7, 11) is 1.17. The van der Waals surface area contributed by atoms with Crippen LogP contribution in [0.15, 0.2) is 24.3 Å². The number of allylic oxidation sites excluding steroid dienone is 4. The molecule has 1 atom stereocenters. The van der Waals surface area contributed by atoms with Crippen molar-refractivity contribution in [3.05, 3.63) is 24.3 Å². The first-order valence-electron chi connectivity index (χ1n) is 2.75. The molecule has 10 heavy (non-hydrogen) atoms. The van der Waals surface area contributed by atoms with E-state index in [-0.39, 0.29) is 11.6 Å². The molecule has 1 unspecified atom stereocenters. The van der Waals surface area contributed by atoms with Gasteiger partial charge in [-0.3, -0.25) is 0 Å². The fourth-order valence-corrected chi connectivity index (χ4v) is 131. The molecule has 4 heteroatoms. The molecule has 1 aliphatic carbocycles. The van der Waals surface area contributed by atoms with E-state index in [9.17, 15) is 0 Å². The van der Waals surface area contributed by atoms with Crippen LogP contribution in [-0.4, -0.2) is 59.2 Å². The van der Waals surface area contributed by atoms with Crippen molar-refractivity contribution in [2.75, 3.05) is 0 Å². The fourth-order valence-electron chi connectivity index (χ4n) is 0.699. The van der Waals surface area contributed by atoms with Crippen molar-refractivity contribution in [3.8, 4) is 0 Å². The maximum atomic E-state index is 2.78. The van der Waals surface area contributed by atoms with E-state index >= 15 is 0 Å². The van der Waals surface area contributed by atoms with Gasteiger partial charge in [-0.05, 0) is 0 Å². The van der Waals surface area contributed by atoms with E-state index in [1.54, 1.807) is 4.42 Å². The second kappa shape index (κ2) is 4.18. The normalized spacial score (nSPS) is 27.2. The molecule has 3 radical (unpaired) electrons. The molecule has 53 valence electrons. The molecule has 0 aromatic heterocycles. The van der Waals surface area contributed by atoms with Crippen LogP contribution in [0.3, 0.4) is 0 Å². The Bertz CT molecular complexity index is 239. The van der Waals surface area contributed by atoms with E-state index in [4.69, 9.17) is 0 Å². The van der Waals surface area contributed by atoms with Crippen LogP contribution in [0.4, 0.5) is 0 Å². The molecule has 0 amide bonds. The van der Waals surface area contributed by atoms with Crippen molar-refractivity contribution in [1.29, 1.82) is 0 Å². The summed E-state index contributed by atoms with van der Waals surface area (Å²) < 4.78 is 4.51. The van der Waals surface area contributed by atoms with Crippen LogP contribution in [0.5, 0.6) is 0 Å². The van der Waals surface area contributed by atoms with E-state index in [2.05, 4.69) is 27.3 Å². The van der Waals surface area contributed by atoms with Crippen molar-refractivity contribution in [3.63, 3.8) is 0 Å². The van der Waals surface area contributed by atoms with Gasteiger partial charge in [0.15, 0.2) is 0 Å². The molecular formula is C6H5Se2Te2. The van der Waals surface area contributed by atoms with E-state index < -0.39 is 0 Å². The SMILES string of the molecule is C1=CC(=[Se]2C=[Te][Te]=[Se]2)C=C1. The Morgan fingerprint density at radius 2 is 2.10 bits per heavy atom. The van der Waals surface area contributed by atoms with Crippen LogP contribution in [0.25, 0.3) is 0 Å². The van der Waals surface area contributed by atoms with Crippen LogP contribution in [-0.2, 0) is 0 Å². The number of hydrogen-bond acceptors (Lipinski definition) is 0. The van der Waals surface area contributed by atoms with Crippen LogP contribution in [0, 0.1) is 0 Å². The van der Waals surface area contributed by atoms with Gasteiger partial charge >= 0.3 is 83.5 Å². The van der Waals surface area contributed by atoms with E-state index in [0.717, 1.165) is 0 Å². The molecule has 0 aromatic rings. The standard InChI is InChI=1S/C6H5Se2Te2/c1-2-4-6(3-1)8-5-9-10-7-8/h1-5H. The van der Waals surface area contributed by atoms with Gasteiger partial charge < -0.3 is 0 Å². The molecule has 0 fully saturated rings. The third-order valence-electron chi connectivity index (χ3n) is 1.13. The van der Waals surface area contributed by atoms with Gasteiger partial charge in [0.25, 0.3) is 0 Å². The average Bonchev–Trinajstić information content (AvgIpc) is 2.59. The third kappa shape index (κ3) is 1.95. The summed E-state index contributed by atoms with van der Waals surface area (Å²) in [4.78, 5) is 0. The Labute approximate surface area is 82.0 Å². The number of hydrogen-bond donors (Lipinski definition) is 0. The number of rotatable bonds is 0. The van der Waals surface area contributed by atoms with Crippen LogP contribution in [0.2, 0.25) is 0 Å². The summed E-state index contributed by atoms with van der Waals surface area (Å²) in [5, 5.41) is 0. The Morgan fingerprint density at radius 1 is 1.30 bits per heavy atom. The summed E-state index contributed by atoms with van der Waals surface area (Å²) in [5.41, 5.74) is 0. The van der Waals surface area contributed by atoms with Gasteiger partial charge in [0.2, 0.25) is 0 Å². The van der Waals surface area contributed by atoms with Crippen molar-refractivity contribution in [2.45, 2.75) is 0 Å². The second-order valence-corrected chi connectivity index (χ2v) is 43.5. The summed E-state index contributed by atoms with van der Waals surface area (Å²) in [6.07, 6.45) is 9.08. The van der Waals surface area contributed by atoms with Crippen molar-refractivity contribution in [1.82, 2.24) is 0 Å². The monoisotopic (exact) mass is 497 g/mol. The molecule has 0 spiro atoms. The van der Waals surface area contributed by atoms with E-state index in [1.165, 1.54) is 9.38 Å². The predicted molar refractivity (Wildman–Crippen MR) is 52.4 cm³/mol. The minimum atomic E-state index is -0.209. The Kier molecular flexibility index (Phi) is 3.53. The Hall–Kier alpha value is 1.84. The van der Waals surface area contributed by atoms with Gasteiger partial charge in [0.05, 0.1) is 0 Å². The van der Waals surface area contributed by atoms with Crippen LogP contribution >= 0.6 is 0 Å². The van der Waals surface area contributed by atoms with E-state index in [0.29, 0.717) is 30.8 Å². The molecule has 0 nitrogen and oxygen atoms in total. The second-order valence-electron chi connectivity index (χ2n) is 1.75. The zero-order valence-corrected chi connectivity index (χ0v) is 13.1. The Balaban J connectivity index is 2.46. The van der Waals surface area contributed by atoms with Gasteiger partial charge in [-0.15, -0.1) is 0 Å². The van der Waals surface area contributed by atoms with Gasteiger partial charge in [0.1, 0.15) is 0 Å². The quantitative estimate of drug-likeness (QED) is 0.389. The first-order valence-corrected chi connectivity index (χ1v) is 23.3. The zero-order valence-electron chi connectivity index (χ0n) is 5.02. The molecule has 0 saturated carbocycles. The molecule has 0 bridgehead atoms. The van der Waals surface area contributed by atoms with Gasteiger partial charge in [0, 0.05) is 0 Å². The first-order chi connectivity index (χ1) is 4.97. The molecule has 1 heterocycles. The maximum absolute atomic E-state index is 2.78. The fraction of sp³-hybridized carbons (Fsp3) is 0. The first kappa shape index (κ1) is 8.44. The van der Waals surface area contributed by atoms with Gasteiger partial charge in [-0.25, -0.2) is 0 Å². The van der Waals surface area contributed by atoms with Gasteiger partial charge in [-0.2, -0.15) is 0 Å². The molecule has 2 rings (SSSR count). The van der Waals surface area contributed by atoms with Crippen LogP contribution < -0.4 is 0 Å². The summed E-state index contributed by atoms with van der Waals surface area (Å²) >= 11 is 0.956. The Morgan fingerprint density at radius 3 is 2.70 bits per heavy atom. The molecular weight excluding hydrogens is 485 g/mol. The minimum absolute atomic E-state index is 0.209. The topological polar surface area (TPSA) is 0 Å². The molecule has 1 aliphatic heterocycles. The van der Waals surface area contributed by atoms with E-state index in [1.807, 2.05) is 0 Å².